The average Bonchev–Trinajstić information content (AvgIpc) is 2.97. The van der Waals surface area contributed by atoms with Gasteiger partial charge in [-0.15, -0.1) is 23.1 Å². The molecule has 0 saturated carbocycles. The van der Waals surface area contributed by atoms with E-state index in [9.17, 15) is 19.3 Å². The number of nitrogens with zero attached hydrogens (tertiary/aromatic N) is 1. The zero-order chi connectivity index (χ0) is 15.7. The van der Waals surface area contributed by atoms with Crippen LogP contribution in [0.3, 0.4) is 0 Å². The van der Waals surface area contributed by atoms with Crippen molar-refractivity contribution in [3.05, 3.63) is 56.0 Å². The number of thiophene rings is 1. The summed E-state index contributed by atoms with van der Waals surface area (Å²) in [5, 5.41) is 14.7. The Balaban J connectivity index is 1.84. The number of nitro groups is 1. The van der Waals surface area contributed by atoms with E-state index in [1.165, 1.54) is 16.6 Å². The summed E-state index contributed by atoms with van der Waals surface area (Å²) in [5.74, 6) is -0.225. The quantitative estimate of drug-likeness (QED) is 0.683. The van der Waals surface area contributed by atoms with Gasteiger partial charge in [0, 0.05) is 17.0 Å². The molecular formula is C14H11FN2O3S2. The third-order valence-electron chi connectivity index (χ3n) is 3.33. The number of carbonyl (C=O) groups excluding carboxylic acids is 1. The topological polar surface area (TPSA) is 72.2 Å². The monoisotopic (exact) mass is 338 g/mol. The number of hydrogen-bond donors (Lipinski definition) is 1. The molecule has 2 heterocycles. The van der Waals surface area contributed by atoms with Gasteiger partial charge in [0.15, 0.2) is 0 Å². The Hall–Kier alpha value is -1.93. The van der Waals surface area contributed by atoms with Gasteiger partial charge in [-0.05, 0) is 35.2 Å². The molecule has 1 aliphatic heterocycles. The SMILES string of the molecule is O=C(Nc1cc([N+](=O)[O-])ccc1F)[C@H]1SCCc2sccc21. The Labute approximate surface area is 133 Å². The smallest absolute Gasteiger partial charge is 0.271 e. The number of rotatable bonds is 3. The maximum absolute atomic E-state index is 13.8. The lowest BCUT2D eigenvalue weighted by molar-refractivity contribution is -0.384. The molecule has 22 heavy (non-hydrogen) atoms. The highest BCUT2D eigenvalue weighted by Crippen LogP contribution is 2.40. The maximum Gasteiger partial charge on any atom is 0.271 e. The number of aryl methyl sites for hydroxylation is 1. The van der Waals surface area contributed by atoms with Crippen LogP contribution >= 0.6 is 23.1 Å². The summed E-state index contributed by atoms with van der Waals surface area (Å²) in [5.41, 5.74) is 0.524. The van der Waals surface area contributed by atoms with Crippen molar-refractivity contribution < 1.29 is 14.1 Å². The molecule has 0 fully saturated rings. The van der Waals surface area contributed by atoms with Gasteiger partial charge in [-0.2, -0.15) is 0 Å². The van der Waals surface area contributed by atoms with Gasteiger partial charge >= 0.3 is 0 Å². The molecule has 1 N–H and O–H groups in total. The Bertz CT molecular complexity index is 747. The minimum Gasteiger partial charge on any atom is -0.322 e. The minimum absolute atomic E-state index is 0.165. The number of nitro benzene ring substituents is 1. The van der Waals surface area contributed by atoms with Gasteiger partial charge in [0.2, 0.25) is 5.91 Å². The first-order valence-corrected chi connectivity index (χ1v) is 8.42. The molecule has 3 rings (SSSR count). The third-order valence-corrected chi connectivity index (χ3v) is 5.57. The van der Waals surface area contributed by atoms with Crippen LogP contribution in [0.5, 0.6) is 0 Å². The molecule has 0 bridgehead atoms. The van der Waals surface area contributed by atoms with Gasteiger partial charge in [-0.25, -0.2) is 4.39 Å². The van der Waals surface area contributed by atoms with Crippen molar-refractivity contribution in [2.24, 2.45) is 0 Å². The molecule has 0 spiro atoms. The van der Waals surface area contributed by atoms with E-state index in [1.54, 1.807) is 11.3 Å². The number of thioether (sulfide) groups is 1. The van der Waals surface area contributed by atoms with Crippen LogP contribution in [0.15, 0.2) is 29.6 Å². The van der Waals surface area contributed by atoms with E-state index in [0.29, 0.717) is 0 Å². The summed E-state index contributed by atoms with van der Waals surface area (Å²) in [7, 11) is 0. The second kappa shape index (κ2) is 6.05. The van der Waals surface area contributed by atoms with E-state index < -0.39 is 16.0 Å². The van der Waals surface area contributed by atoms with Crippen LogP contribution in [-0.4, -0.2) is 16.6 Å². The normalized spacial score (nSPS) is 16.9. The van der Waals surface area contributed by atoms with Crippen molar-refractivity contribution >= 4 is 40.4 Å². The number of hydrogen-bond acceptors (Lipinski definition) is 5. The third kappa shape index (κ3) is 2.84. The summed E-state index contributed by atoms with van der Waals surface area (Å²) in [6.45, 7) is 0. The second-order valence-corrected chi connectivity index (χ2v) is 6.92. The lowest BCUT2D eigenvalue weighted by Crippen LogP contribution is -2.22. The average molecular weight is 338 g/mol. The van der Waals surface area contributed by atoms with Gasteiger partial charge in [0.25, 0.3) is 5.69 Å². The number of fused-ring (bicyclic) bond motifs is 1. The van der Waals surface area contributed by atoms with Gasteiger partial charge in [0.05, 0.1) is 10.6 Å². The van der Waals surface area contributed by atoms with Crippen molar-refractivity contribution in [2.45, 2.75) is 11.7 Å². The van der Waals surface area contributed by atoms with Crippen LogP contribution in [0, 0.1) is 15.9 Å². The first-order valence-electron chi connectivity index (χ1n) is 6.49. The molecule has 114 valence electrons. The highest BCUT2D eigenvalue weighted by atomic mass is 32.2. The minimum atomic E-state index is -0.690. The summed E-state index contributed by atoms with van der Waals surface area (Å²) in [4.78, 5) is 23.7. The second-order valence-electron chi connectivity index (χ2n) is 4.71. The number of anilines is 1. The van der Waals surface area contributed by atoms with Crippen LogP contribution in [0.2, 0.25) is 0 Å². The maximum atomic E-state index is 13.8. The highest BCUT2D eigenvalue weighted by Gasteiger charge is 2.28. The molecule has 1 aliphatic rings. The van der Waals surface area contributed by atoms with E-state index in [0.717, 1.165) is 35.9 Å². The van der Waals surface area contributed by atoms with E-state index in [2.05, 4.69) is 5.32 Å². The fourth-order valence-electron chi connectivity index (χ4n) is 2.28. The molecule has 5 nitrogen and oxygen atoms in total. The Morgan fingerprint density at radius 2 is 2.23 bits per heavy atom. The lowest BCUT2D eigenvalue weighted by atomic mass is 10.1. The number of nitrogens with one attached hydrogen (secondary N) is 1. The van der Waals surface area contributed by atoms with Crippen molar-refractivity contribution in [1.82, 2.24) is 0 Å². The van der Waals surface area contributed by atoms with Crippen molar-refractivity contribution in [3.8, 4) is 0 Å². The van der Waals surface area contributed by atoms with Crippen LogP contribution in [-0.2, 0) is 11.2 Å². The van der Waals surface area contributed by atoms with Crippen LogP contribution in [0.1, 0.15) is 15.7 Å². The Kier molecular flexibility index (Phi) is 4.12. The molecule has 2 aromatic rings. The fraction of sp³-hybridized carbons (Fsp3) is 0.214. The summed E-state index contributed by atoms with van der Waals surface area (Å²) < 4.78 is 13.8. The summed E-state index contributed by atoms with van der Waals surface area (Å²) >= 11 is 3.10. The summed E-state index contributed by atoms with van der Waals surface area (Å²) in [6, 6.07) is 4.99. The van der Waals surface area contributed by atoms with Crippen LogP contribution in [0.25, 0.3) is 0 Å². The van der Waals surface area contributed by atoms with Gasteiger partial charge < -0.3 is 5.32 Å². The van der Waals surface area contributed by atoms with E-state index >= 15 is 0 Å². The molecule has 0 unspecified atom stereocenters. The van der Waals surface area contributed by atoms with Crippen molar-refractivity contribution in [1.29, 1.82) is 0 Å². The van der Waals surface area contributed by atoms with Crippen molar-refractivity contribution in [2.75, 3.05) is 11.1 Å². The molecule has 1 amide bonds. The molecule has 0 saturated heterocycles. The highest BCUT2D eigenvalue weighted by molar-refractivity contribution is 8.00. The van der Waals surface area contributed by atoms with E-state index in [4.69, 9.17) is 0 Å². The molecule has 1 aromatic heterocycles. The number of non-ortho nitro benzene ring substituents is 1. The largest absolute Gasteiger partial charge is 0.322 e. The standard InChI is InChI=1S/C14H11FN2O3S2/c15-10-2-1-8(17(19)20)7-11(10)16-14(18)13-9-3-5-21-12(9)4-6-22-13/h1-3,5,7,13H,4,6H2,(H,16,18)/t13-/m0/s1. The predicted octanol–water partition coefficient (Wildman–Crippen LogP) is 3.76. The van der Waals surface area contributed by atoms with Crippen LogP contribution in [0.4, 0.5) is 15.8 Å². The van der Waals surface area contributed by atoms with Crippen LogP contribution < -0.4 is 5.32 Å². The first kappa shape index (κ1) is 15.0. The van der Waals surface area contributed by atoms with E-state index in [1.807, 2.05) is 11.4 Å². The van der Waals surface area contributed by atoms with Crippen molar-refractivity contribution in [3.63, 3.8) is 0 Å². The van der Waals surface area contributed by atoms with Gasteiger partial charge in [-0.1, -0.05) is 0 Å². The fourth-order valence-corrected chi connectivity index (χ4v) is 4.58. The molecule has 8 heteroatoms. The first-order chi connectivity index (χ1) is 10.6. The zero-order valence-corrected chi connectivity index (χ0v) is 12.9. The van der Waals surface area contributed by atoms with E-state index in [-0.39, 0.29) is 17.3 Å². The van der Waals surface area contributed by atoms with Gasteiger partial charge in [-0.3, -0.25) is 14.9 Å². The zero-order valence-electron chi connectivity index (χ0n) is 11.2. The summed E-state index contributed by atoms with van der Waals surface area (Å²) in [6.07, 6.45) is 0.923. The number of amides is 1. The number of carbonyl (C=O) groups is 1. The number of benzene rings is 1. The molecule has 0 radical (unpaired) electrons. The number of halogens is 1. The lowest BCUT2D eigenvalue weighted by Gasteiger charge is -2.21. The molecule has 0 aliphatic carbocycles. The Morgan fingerprint density at radius 1 is 1.41 bits per heavy atom. The molecule has 1 atom stereocenters. The molecular weight excluding hydrogens is 327 g/mol. The Morgan fingerprint density at radius 3 is 3.00 bits per heavy atom. The molecule has 1 aromatic carbocycles. The predicted molar refractivity (Wildman–Crippen MR) is 84.9 cm³/mol. The van der Waals surface area contributed by atoms with Gasteiger partial charge in [0.1, 0.15) is 11.1 Å².